The van der Waals surface area contributed by atoms with Crippen LogP contribution in [0.2, 0.25) is 0 Å². The molecule has 2 aromatic carbocycles. The van der Waals surface area contributed by atoms with Crippen molar-refractivity contribution in [3.63, 3.8) is 0 Å². The van der Waals surface area contributed by atoms with E-state index in [4.69, 9.17) is 0 Å². The topological polar surface area (TPSA) is 75.4 Å². The van der Waals surface area contributed by atoms with Gasteiger partial charge in [0, 0.05) is 24.7 Å². The number of hydrogen-bond donors (Lipinski definition) is 1. The van der Waals surface area contributed by atoms with Crippen molar-refractivity contribution >= 4 is 28.5 Å². The van der Waals surface area contributed by atoms with Gasteiger partial charge < -0.3 is 10.0 Å². The molecule has 6 nitrogen and oxygen atoms in total. The molecule has 1 amide bonds. The van der Waals surface area contributed by atoms with Gasteiger partial charge in [0.2, 0.25) is 5.91 Å². The van der Waals surface area contributed by atoms with Crippen molar-refractivity contribution in [2.45, 2.75) is 18.8 Å². The van der Waals surface area contributed by atoms with E-state index in [-0.39, 0.29) is 12.3 Å². The number of fused-ring (bicyclic) bond motifs is 2. The molecule has 1 aliphatic rings. The number of carbonyl (C=O) groups excluding carboxylic acids is 1. The Labute approximate surface area is 150 Å². The van der Waals surface area contributed by atoms with Crippen LogP contribution in [0.3, 0.4) is 0 Å². The van der Waals surface area contributed by atoms with Gasteiger partial charge in [-0.15, -0.1) is 0 Å². The molecule has 1 aliphatic heterocycles. The van der Waals surface area contributed by atoms with Crippen molar-refractivity contribution in [1.82, 2.24) is 9.78 Å². The third kappa shape index (κ3) is 2.63. The van der Waals surface area contributed by atoms with Crippen LogP contribution in [0.15, 0.2) is 48.5 Å². The van der Waals surface area contributed by atoms with E-state index in [2.05, 4.69) is 5.10 Å². The van der Waals surface area contributed by atoms with Crippen LogP contribution in [0.5, 0.6) is 0 Å². The molecule has 0 radical (unpaired) electrons. The smallest absolute Gasteiger partial charge is 0.311 e. The highest BCUT2D eigenvalue weighted by atomic mass is 16.4. The zero-order valence-electron chi connectivity index (χ0n) is 14.4. The van der Waals surface area contributed by atoms with Crippen molar-refractivity contribution in [3.05, 3.63) is 59.8 Å². The van der Waals surface area contributed by atoms with Gasteiger partial charge in [-0.25, -0.2) is 0 Å². The van der Waals surface area contributed by atoms with Crippen LogP contribution in [0.25, 0.3) is 10.9 Å². The first-order chi connectivity index (χ1) is 12.6. The van der Waals surface area contributed by atoms with Gasteiger partial charge in [-0.1, -0.05) is 36.4 Å². The summed E-state index contributed by atoms with van der Waals surface area (Å²) in [6.07, 6.45) is 0.606. The molecule has 2 heterocycles. The SMILES string of the molecule is Cn1nc(CC(=O)N2CCC(C(=O)O)c3ccccc32)c2ccccc21. The lowest BCUT2D eigenvalue weighted by molar-refractivity contribution is -0.139. The molecule has 0 saturated carbocycles. The highest BCUT2D eigenvalue weighted by molar-refractivity contribution is 5.99. The van der Waals surface area contributed by atoms with E-state index in [1.165, 1.54) is 0 Å². The second kappa shape index (κ2) is 6.29. The first kappa shape index (κ1) is 16.3. The maximum atomic E-state index is 13.0. The van der Waals surface area contributed by atoms with Crippen molar-refractivity contribution < 1.29 is 14.7 Å². The average Bonchev–Trinajstić information content (AvgIpc) is 2.96. The zero-order chi connectivity index (χ0) is 18.3. The second-order valence-electron chi connectivity index (χ2n) is 6.55. The molecule has 132 valence electrons. The number of carboxylic acid groups (broad SMARTS) is 1. The number of hydrogen-bond acceptors (Lipinski definition) is 3. The fraction of sp³-hybridized carbons (Fsp3) is 0.250. The highest BCUT2D eigenvalue weighted by Crippen LogP contribution is 2.35. The van der Waals surface area contributed by atoms with Gasteiger partial charge in [-0.05, 0) is 24.1 Å². The number of aromatic nitrogens is 2. The van der Waals surface area contributed by atoms with Gasteiger partial charge in [0.25, 0.3) is 0 Å². The maximum Gasteiger partial charge on any atom is 0.311 e. The fourth-order valence-electron chi connectivity index (χ4n) is 3.74. The number of carboxylic acids is 1. The van der Waals surface area contributed by atoms with E-state index in [0.29, 0.717) is 24.2 Å². The summed E-state index contributed by atoms with van der Waals surface area (Å²) in [7, 11) is 1.87. The van der Waals surface area contributed by atoms with Crippen LogP contribution in [0.4, 0.5) is 5.69 Å². The van der Waals surface area contributed by atoms with Crippen LogP contribution < -0.4 is 4.90 Å². The van der Waals surface area contributed by atoms with E-state index >= 15 is 0 Å². The summed E-state index contributed by atoms with van der Waals surface area (Å²) in [6.45, 7) is 0.400. The first-order valence-electron chi connectivity index (χ1n) is 8.59. The van der Waals surface area contributed by atoms with Gasteiger partial charge in [-0.2, -0.15) is 5.10 Å². The number of para-hydroxylation sites is 2. The molecule has 26 heavy (non-hydrogen) atoms. The minimum Gasteiger partial charge on any atom is -0.481 e. The summed E-state index contributed by atoms with van der Waals surface area (Å²) in [5.74, 6) is -1.48. The van der Waals surface area contributed by atoms with Crippen LogP contribution in [-0.4, -0.2) is 33.3 Å². The van der Waals surface area contributed by atoms with Crippen LogP contribution in [0, 0.1) is 0 Å². The lowest BCUT2D eigenvalue weighted by atomic mass is 9.89. The highest BCUT2D eigenvalue weighted by Gasteiger charge is 2.32. The molecule has 1 N–H and O–H groups in total. The number of aryl methyl sites for hydroxylation is 1. The lowest BCUT2D eigenvalue weighted by Gasteiger charge is -2.32. The van der Waals surface area contributed by atoms with E-state index in [1.54, 1.807) is 15.6 Å². The average molecular weight is 349 g/mol. The molecular formula is C20H19N3O3. The Hall–Kier alpha value is -3.15. The van der Waals surface area contributed by atoms with Gasteiger partial charge >= 0.3 is 5.97 Å². The molecule has 0 spiro atoms. The number of rotatable bonds is 3. The zero-order valence-corrected chi connectivity index (χ0v) is 14.4. The number of benzene rings is 2. The summed E-state index contributed by atoms with van der Waals surface area (Å²) in [4.78, 5) is 26.2. The third-order valence-electron chi connectivity index (χ3n) is 5.00. The Morgan fingerprint density at radius 2 is 1.88 bits per heavy atom. The Bertz CT molecular complexity index is 1010. The Morgan fingerprint density at radius 3 is 2.69 bits per heavy atom. The predicted molar refractivity (Wildman–Crippen MR) is 98.2 cm³/mol. The lowest BCUT2D eigenvalue weighted by Crippen LogP contribution is -2.39. The molecule has 6 heteroatoms. The van der Waals surface area contributed by atoms with Crippen LogP contribution in [-0.2, 0) is 23.1 Å². The molecule has 0 fully saturated rings. The van der Waals surface area contributed by atoms with Crippen molar-refractivity contribution in [1.29, 1.82) is 0 Å². The van der Waals surface area contributed by atoms with Gasteiger partial charge in [-0.3, -0.25) is 14.3 Å². The molecule has 3 aromatic rings. The van der Waals surface area contributed by atoms with Crippen LogP contribution >= 0.6 is 0 Å². The molecule has 1 aromatic heterocycles. The van der Waals surface area contributed by atoms with Crippen molar-refractivity contribution in [3.8, 4) is 0 Å². The largest absolute Gasteiger partial charge is 0.481 e. The number of nitrogens with zero attached hydrogens (tertiary/aromatic N) is 3. The molecule has 0 bridgehead atoms. The minimum atomic E-state index is -0.847. The first-order valence-corrected chi connectivity index (χ1v) is 8.59. The van der Waals surface area contributed by atoms with Gasteiger partial charge in [0.05, 0.1) is 23.5 Å². The van der Waals surface area contributed by atoms with E-state index in [9.17, 15) is 14.7 Å². The van der Waals surface area contributed by atoms with E-state index < -0.39 is 11.9 Å². The van der Waals surface area contributed by atoms with Gasteiger partial charge in [0.1, 0.15) is 0 Å². The molecule has 0 aliphatic carbocycles. The number of anilines is 1. The standard InChI is InChI=1S/C20H19N3O3/c1-22-17-8-4-3-7-15(17)16(21-22)12-19(24)23-11-10-14(20(25)26)13-6-2-5-9-18(13)23/h2-9,14H,10-12H2,1H3,(H,25,26). The molecule has 0 saturated heterocycles. The normalized spacial score (nSPS) is 16.5. The fourth-order valence-corrected chi connectivity index (χ4v) is 3.74. The molecular weight excluding hydrogens is 330 g/mol. The summed E-state index contributed by atoms with van der Waals surface area (Å²) in [5, 5.41) is 14.9. The number of carbonyl (C=O) groups is 2. The maximum absolute atomic E-state index is 13.0. The van der Waals surface area contributed by atoms with E-state index in [1.807, 2.05) is 49.5 Å². The molecule has 4 rings (SSSR count). The number of aliphatic carboxylic acids is 1. The van der Waals surface area contributed by atoms with Gasteiger partial charge in [0.15, 0.2) is 0 Å². The monoisotopic (exact) mass is 349 g/mol. The summed E-state index contributed by atoms with van der Waals surface area (Å²) in [5.41, 5.74) is 3.12. The Morgan fingerprint density at radius 1 is 1.15 bits per heavy atom. The van der Waals surface area contributed by atoms with E-state index in [0.717, 1.165) is 16.6 Å². The third-order valence-corrected chi connectivity index (χ3v) is 5.00. The molecule has 1 unspecified atom stereocenters. The summed E-state index contributed by atoms with van der Waals surface area (Å²) in [6, 6.07) is 15.1. The Balaban J connectivity index is 1.66. The molecule has 1 atom stereocenters. The Kier molecular flexibility index (Phi) is 3.95. The summed E-state index contributed by atoms with van der Waals surface area (Å²) < 4.78 is 1.78. The number of amides is 1. The second-order valence-corrected chi connectivity index (χ2v) is 6.55. The van der Waals surface area contributed by atoms with Crippen LogP contribution in [0.1, 0.15) is 23.6 Å². The summed E-state index contributed by atoms with van der Waals surface area (Å²) >= 11 is 0. The quantitative estimate of drug-likeness (QED) is 0.789. The van der Waals surface area contributed by atoms with Crippen molar-refractivity contribution in [2.24, 2.45) is 7.05 Å². The predicted octanol–water partition coefficient (Wildman–Crippen LogP) is 2.72. The minimum absolute atomic E-state index is 0.0647. The van der Waals surface area contributed by atoms with Crippen molar-refractivity contribution in [2.75, 3.05) is 11.4 Å².